The van der Waals surface area contributed by atoms with E-state index in [-0.39, 0.29) is 24.7 Å². The molecule has 142 valence electrons. The van der Waals surface area contributed by atoms with E-state index in [0.717, 1.165) is 16.0 Å². The van der Waals surface area contributed by atoms with Crippen LogP contribution in [0.1, 0.15) is 34.9 Å². The van der Waals surface area contributed by atoms with Crippen LogP contribution in [-0.4, -0.2) is 34.3 Å². The minimum atomic E-state index is -0.975. The molecule has 27 heavy (non-hydrogen) atoms. The molecule has 2 heterocycles. The Balaban J connectivity index is 1.62. The second-order valence-corrected chi connectivity index (χ2v) is 7.81. The molecule has 2 N–H and O–H groups in total. The Bertz CT molecular complexity index is 817. The van der Waals surface area contributed by atoms with Crippen molar-refractivity contribution in [3.63, 3.8) is 0 Å². The smallest absolute Gasteiger partial charge is 0.305 e. The van der Waals surface area contributed by atoms with Crippen molar-refractivity contribution in [2.24, 2.45) is 5.92 Å². The number of hydrogen-bond acceptors (Lipinski definition) is 4. The molecule has 1 aliphatic heterocycles. The molecular formula is C20H22N2O4S. The van der Waals surface area contributed by atoms with Crippen LogP contribution < -0.4 is 5.32 Å². The number of hydrogen-bond donors (Lipinski definition) is 2. The lowest BCUT2D eigenvalue weighted by Crippen LogP contribution is -2.36. The van der Waals surface area contributed by atoms with E-state index < -0.39 is 17.9 Å². The standard InChI is InChI=1S/C20H22N2O4S/c1-13-4-6-14(7-5-13)11-22-12-15(9-18(22)23)20(26)21-16(10-19(24)25)17-3-2-8-27-17/h2-8,15-16H,9-12H2,1H3,(H,21,26)(H,24,25)/t15-,16-/m1/s1. The third kappa shape index (κ3) is 4.95. The van der Waals surface area contributed by atoms with Crippen molar-refractivity contribution in [1.29, 1.82) is 0 Å². The van der Waals surface area contributed by atoms with Crippen LogP contribution in [0.15, 0.2) is 41.8 Å². The molecule has 0 radical (unpaired) electrons. The van der Waals surface area contributed by atoms with Gasteiger partial charge in [-0.15, -0.1) is 11.3 Å². The summed E-state index contributed by atoms with van der Waals surface area (Å²) in [6.45, 7) is 2.83. The maximum atomic E-state index is 12.6. The third-order valence-electron chi connectivity index (χ3n) is 4.66. The van der Waals surface area contributed by atoms with Crippen LogP contribution in [0.4, 0.5) is 0 Å². The highest BCUT2D eigenvalue weighted by Gasteiger charge is 2.35. The van der Waals surface area contributed by atoms with Crippen molar-refractivity contribution in [3.05, 3.63) is 57.8 Å². The van der Waals surface area contributed by atoms with Crippen LogP contribution in [0, 0.1) is 12.8 Å². The first-order chi connectivity index (χ1) is 12.9. The number of rotatable bonds is 7. The van der Waals surface area contributed by atoms with E-state index in [9.17, 15) is 14.4 Å². The molecule has 2 amide bonds. The molecule has 0 spiro atoms. The summed E-state index contributed by atoms with van der Waals surface area (Å²) in [4.78, 5) is 38.6. The summed E-state index contributed by atoms with van der Waals surface area (Å²) in [5.41, 5.74) is 2.18. The first-order valence-corrected chi connectivity index (χ1v) is 9.69. The molecule has 1 saturated heterocycles. The number of carboxylic acid groups (broad SMARTS) is 1. The zero-order valence-corrected chi connectivity index (χ0v) is 15.9. The summed E-state index contributed by atoms with van der Waals surface area (Å²) >= 11 is 1.41. The maximum absolute atomic E-state index is 12.6. The first kappa shape index (κ1) is 19.1. The molecule has 0 unspecified atom stereocenters. The van der Waals surface area contributed by atoms with Gasteiger partial charge in [-0.3, -0.25) is 14.4 Å². The summed E-state index contributed by atoms with van der Waals surface area (Å²) in [6, 6.07) is 11.0. The third-order valence-corrected chi connectivity index (χ3v) is 5.65. The van der Waals surface area contributed by atoms with Crippen LogP contribution in [0.25, 0.3) is 0 Å². The highest BCUT2D eigenvalue weighted by atomic mass is 32.1. The molecule has 3 rings (SSSR count). The highest BCUT2D eigenvalue weighted by molar-refractivity contribution is 7.10. The molecule has 1 aliphatic rings. The largest absolute Gasteiger partial charge is 0.481 e. The second-order valence-electron chi connectivity index (χ2n) is 6.84. The van der Waals surface area contributed by atoms with Gasteiger partial charge in [-0.1, -0.05) is 35.9 Å². The van der Waals surface area contributed by atoms with Crippen molar-refractivity contribution >= 4 is 29.1 Å². The molecule has 6 nitrogen and oxygen atoms in total. The summed E-state index contributed by atoms with van der Waals surface area (Å²) in [7, 11) is 0. The fraction of sp³-hybridized carbons (Fsp3) is 0.350. The Morgan fingerprint density at radius 3 is 2.67 bits per heavy atom. The molecule has 0 aliphatic carbocycles. The van der Waals surface area contributed by atoms with Gasteiger partial charge in [0.1, 0.15) is 0 Å². The maximum Gasteiger partial charge on any atom is 0.305 e. The zero-order chi connectivity index (χ0) is 19.4. The molecule has 2 atom stereocenters. The van der Waals surface area contributed by atoms with Gasteiger partial charge in [0.2, 0.25) is 11.8 Å². The van der Waals surface area contributed by atoms with E-state index in [1.54, 1.807) is 4.90 Å². The van der Waals surface area contributed by atoms with Crippen molar-refractivity contribution < 1.29 is 19.5 Å². The average Bonchev–Trinajstić information content (AvgIpc) is 3.26. The van der Waals surface area contributed by atoms with E-state index in [1.165, 1.54) is 11.3 Å². The number of benzene rings is 1. The average molecular weight is 386 g/mol. The number of likely N-dealkylation sites (tertiary alicyclic amines) is 1. The molecule has 0 saturated carbocycles. The Morgan fingerprint density at radius 2 is 2.04 bits per heavy atom. The molecular weight excluding hydrogens is 364 g/mol. The number of carbonyl (C=O) groups excluding carboxylic acids is 2. The van der Waals surface area contributed by atoms with Crippen LogP contribution in [0.5, 0.6) is 0 Å². The number of nitrogens with one attached hydrogen (secondary N) is 1. The molecule has 1 aromatic carbocycles. The fourth-order valence-corrected chi connectivity index (χ4v) is 3.97. The molecule has 7 heteroatoms. The summed E-state index contributed by atoms with van der Waals surface area (Å²) in [6.07, 6.45) is -0.0259. The molecule has 0 bridgehead atoms. The van der Waals surface area contributed by atoms with Crippen LogP contribution in [-0.2, 0) is 20.9 Å². The van der Waals surface area contributed by atoms with Crippen LogP contribution in [0.3, 0.4) is 0 Å². The fourth-order valence-electron chi connectivity index (χ4n) is 3.19. The minimum Gasteiger partial charge on any atom is -0.481 e. The lowest BCUT2D eigenvalue weighted by Gasteiger charge is -2.19. The predicted molar refractivity (Wildman–Crippen MR) is 102 cm³/mol. The van der Waals surface area contributed by atoms with E-state index in [1.807, 2.05) is 48.7 Å². The summed E-state index contributed by atoms with van der Waals surface area (Å²) in [5, 5.41) is 13.8. The molecule has 2 aromatic rings. The number of thiophene rings is 1. The van der Waals surface area contributed by atoms with E-state index in [4.69, 9.17) is 5.11 Å². The second kappa shape index (κ2) is 8.35. The van der Waals surface area contributed by atoms with Gasteiger partial charge < -0.3 is 15.3 Å². The lowest BCUT2D eigenvalue weighted by atomic mass is 10.1. The number of aryl methyl sites for hydroxylation is 1. The van der Waals surface area contributed by atoms with Crippen molar-refractivity contribution in [1.82, 2.24) is 10.2 Å². The zero-order valence-electron chi connectivity index (χ0n) is 15.1. The number of aliphatic carboxylic acids is 1. The van der Waals surface area contributed by atoms with Crippen molar-refractivity contribution in [3.8, 4) is 0 Å². The lowest BCUT2D eigenvalue weighted by molar-refractivity contribution is -0.138. The summed E-state index contributed by atoms with van der Waals surface area (Å²) in [5.74, 6) is -1.76. The van der Waals surface area contributed by atoms with Gasteiger partial charge in [0.15, 0.2) is 0 Å². The Labute approximate surface area is 161 Å². The predicted octanol–water partition coefficient (Wildman–Crippen LogP) is 2.74. The van der Waals surface area contributed by atoms with Gasteiger partial charge in [0, 0.05) is 24.4 Å². The van der Waals surface area contributed by atoms with Crippen molar-refractivity contribution in [2.45, 2.75) is 32.4 Å². The van der Waals surface area contributed by atoms with Gasteiger partial charge in [-0.2, -0.15) is 0 Å². The van der Waals surface area contributed by atoms with Crippen LogP contribution in [0.2, 0.25) is 0 Å². The number of amides is 2. The highest BCUT2D eigenvalue weighted by Crippen LogP contribution is 2.25. The van der Waals surface area contributed by atoms with Gasteiger partial charge >= 0.3 is 5.97 Å². The summed E-state index contributed by atoms with van der Waals surface area (Å²) < 4.78 is 0. The number of carbonyl (C=O) groups is 3. The SMILES string of the molecule is Cc1ccc(CN2C[C@H](C(=O)N[C@H](CC(=O)O)c3cccs3)CC2=O)cc1. The van der Waals surface area contributed by atoms with Gasteiger partial charge in [-0.05, 0) is 23.9 Å². The molecule has 1 aromatic heterocycles. The first-order valence-electron chi connectivity index (χ1n) is 8.81. The monoisotopic (exact) mass is 386 g/mol. The van der Waals surface area contributed by atoms with Gasteiger partial charge in [0.25, 0.3) is 0 Å². The Hall–Kier alpha value is -2.67. The minimum absolute atomic E-state index is 0.0540. The number of carboxylic acids is 1. The van der Waals surface area contributed by atoms with E-state index >= 15 is 0 Å². The van der Waals surface area contributed by atoms with Gasteiger partial charge in [0.05, 0.1) is 18.4 Å². The molecule has 1 fully saturated rings. The Morgan fingerprint density at radius 1 is 1.30 bits per heavy atom. The topological polar surface area (TPSA) is 86.7 Å². The van der Waals surface area contributed by atoms with Gasteiger partial charge in [-0.25, -0.2) is 0 Å². The Kier molecular flexibility index (Phi) is 5.91. The van der Waals surface area contributed by atoms with Crippen molar-refractivity contribution in [2.75, 3.05) is 6.54 Å². The van der Waals surface area contributed by atoms with Crippen LogP contribution >= 0.6 is 11.3 Å². The normalized spacial score (nSPS) is 17.7. The quantitative estimate of drug-likeness (QED) is 0.766. The number of nitrogens with zero attached hydrogens (tertiary/aromatic N) is 1. The van der Waals surface area contributed by atoms with E-state index in [2.05, 4.69) is 5.32 Å². The van der Waals surface area contributed by atoms with E-state index in [0.29, 0.717) is 13.1 Å².